The summed E-state index contributed by atoms with van der Waals surface area (Å²) in [5.41, 5.74) is 2.01. The number of nitrogens with one attached hydrogen (secondary N) is 1. The van der Waals surface area contributed by atoms with Gasteiger partial charge in [0, 0.05) is 11.1 Å². The Labute approximate surface area is 129 Å². The van der Waals surface area contributed by atoms with Crippen LogP contribution in [0.15, 0.2) is 42.5 Å². The second-order valence-electron chi connectivity index (χ2n) is 4.89. The van der Waals surface area contributed by atoms with Gasteiger partial charge in [-0.3, -0.25) is 0 Å². The van der Waals surface area contributed by atoms with Crippen LogP contribution in [-0.4, -0.2) is 14.2 Å². The van der Waals surface area contributed by atoms with Gasteiger partial charge in [0.05, 0.1) is 7.11 Å². The van der Waals surface area contributed by atoms with E-state index in [1.165, 1.54) is 17.7 Å². The molecule has 1 unspecified atom stereocenters. The molecule has 2 aromatic carbocycles. The maximum Gasteiger partial charge on any atom is 0.123 e. The molecule has 0 spiro atoms. The number of benzene rings is 2. The second kappa shape index (κ2) is 7.43. The third kappa shape index (κ3) is 4.19. The fraction of sp³-hybridized carbons (Fsp3) is 0.294. The molecule has 0 saturated heterocycles. The Hall–Kier alpha value is -1.58. The van der Waals surface area contributed by atoms with E-state index in [1.807, 2.05) is 31.3 Å². The van der Waals surface area contributed by atoms with E-state index in [-0.39, 0.29) is 11.9 Å². The summed E-state index contributed by atoms with van der Waals surface area (Å²) in [5.74, 6) is 0.580. The molecule has 0 aromatic heterocycles. The van der Waals surface area contributed by atoms with E-state index < -0.39 is 0 Å². The molecule has 0 amide bonds. The van der Waals surface area contributed by atoms with Gasteiger partial charge in [0.2, 0.25) is 0 Å². The van der Waals surface area contributed by atoms with Crippen LogP contribution in [0.25, 0.3) is 0 Å². The smallest absolute Gasteiger partial charge is 0.123 e. The van der Waals surface area contributed by atoms with Gasteiger partial charge >= 0.3 is 0 Å². The minimum Gasteiger partial charge on any atom is -0.497 e. The normalized spacial score (nSPS) is 12.2. The summed E-state index contributed by atoms with van der Waals surface area (Å²) in [7, 11) is 3.51. The molecule has 1 N–H and O–H groups in total. The predicted octanol–water partition coefficient (Wildman–Crippen LogP) is 4.38. The summed E-state index contributed by atoms with van der Waals surface area (Å²) in [5, 5.41) is 3.79. The zero-order chi connectivity index (χ0) is 15.2. The zero-order valence-corrected chi connectivity index (χ0v) is 13.0. The maximum absolute atomic E-state index is 13.4. The third-order valence-electron chi connectivity index (χ3n) is 3.56. The molecule has 0 heterocycles. The lowest BCUT2D eigenvalue weighted by atomic mass is 9.99. The van der Waals surface area contributed by atoms with Crippen molar-refractivity contribution >= 4 is 11.6 Å². The Morgan fingerprint density at radius 3 is 2.52 bits per heavy atom. The minimum absolute atomic E-state index is 0.0234. The molecule has 0 saturated carbocycles. The summed E-state index contributed by atoms with van der Waals surface area (Å²) < 4.78 is 18.5. The van der Waals surface area contributed by atoms with Crippen LogP contribution in [0.5, 0.6) is 5.75 Å². The van der Waals surface area contributed by atoms with E-state index >= 15 is 0 Å². The molecule has 0 aliphatic carbocycles. The van der Waals surface area contributed by atoms with Crippen LogP contribution in [-0.2, 0) is 6.42 Å². The quantitative estimate of drug-likeness (QED) is 0.855. The first-order chi connectivity index (χ1) is 10.1. The minimum atomic E-state index is -0.265. The van der Waals surface area contributed by atoms with Crippen molar-refractivity contribution in [3.63, 3.8) is 0 Å². The highest BCUT2D eigenvalue weighted by Gasteiger charge is 2.14. The first-order valence-corrected chi connectivity index (χ1v) is 7.27. The molecule has 2 aromatic rings. The van der Waals surface area contributed by atoms with Crippen molar-refractivity contribution in [3.8, 4) is 5.75 Å². The molecule has 2 nitrogen and oxygen atoms in total. The van der Waals surface area contributed by atoms with Crippen LogP contribution in [0.3, 0.4) is 0 Å². The van der Waals surface area contributed by atoms with Crippen LogP contribution < -0.4 is 10.1 Å². The van der Waals surface area contributed by atoms with Gasteiger partial charge < -0.3 is 10.1 Å². The molecule has 0 aliphatic rings. The monoisotopic (exact) mass is 307 g/mol. The third-order valence-corrected chi connectivity index (χ3v) is 3.91. The van der Waals surface area contributed by atoms with Crippen LogP contribution >= 0.6 is 11.6 Å². The Morgan fingerprint density at radius 2 is 1.90 bits per heavy atom. The second-order valence-corrected chi connectivity index (χ2v) is 5.30. The Bertz CT molecular complexity index is 586. The van der Waals surface area contributed by atoms with Crippen molar-refractivity contribution in [1.82, 2.24) is 5.32 Å². The van der Waals surface area contributed by atoms with E-state index in [0.29, 0.717) is 5.02 Å². The SMILES string of the molecule is CNC(CCc1ccc(OC)cc1)c1cc(F)ccc1Cl. The molecular formula is C17H19ClFNO. The zero-order valence-electron chi connectivity index (χ0n) is 12.2. The summed E-state index contributed by atoms with van der Waals surface area (Å²) in [6.07, 6.45) is 1.72. The number of hydrogen-bond donors (Lipinski definition) is 1. The van der Waals surface area contributed by atoms with Crippen molar-refractivity contribution in [2.75, 3.05) is 14.2 Å². The predicted molar refractivity (Wildman–Crippen MR) is 84.5 cm³/mol. The van der Waals surface area contributed by atoms with Crippen molar-refractivity contribution in [2.45, 2.75) is 18.9 Å². The largest absolute Gasteiger partial charge is 0.497 e. The van der Waals surface area contributed by atoms with Gasteiger partial charge in [0.1, 0.15) is 11.6 Å². The molecular weight excluding hydrogens is 289 g/mol. The molecule has 0 bridgehead atoms. The van der Waals surface area contributed by atoms with Gasteiger partial charge in [-0.05, 0) is 61.3 Å². The van der Waals surface area contributed by atoms with Gasteiger partial charge in [0.25, 0.3) is 0 Å². The first kappa shape index (κ1) is 15.8. The first-order valence-electron chi connectivity index (χ1n) is 6.89. The number of halogens is 2. The molecule has 4 heteroatoms. The number of ether oxygens (including phenoxy) is 1. The van der Waals surface area contributed by atoms with E-state index in [4.69, 9.17) is 16.3 Å². The van der Waals surface area contributed by atoms with Crippen molar-refractivity contribution < 1.29 is 9.13 Å². The van der Waals surface area contributed by atoms with Gasteiger partial charge in [-0.15, -0.1) is 0 Å². The fourth-order valence-electron chi connectivity index (χ4n) is 2.34. The molecule has 0 aliphatic heterocycles. The summed E-state index contributed by atoms with van der Waals surface area (Å²) in [6, 6.07) is 12.5. The van der Waals surface area contributed by atoms with Crippen molar-refractivity contribution in [2.24, 2.45) is 0 Å². The van der Waals surface area contributed by atoms with Gasteiger partial charge in [0.15, 0.2) is 0 Å². The topological polar surface area (TPSA) is 21.3 Å². The number of aryl methyl sites for hydroxylation is 1. The average Bonchev–Trinajstić information content (AvgIpc) is 2.51. The van der Waals surface area contributed by atoms with Gasteiger partial charge in [-0.1, -0.05) is 23.7 Å². The Balaban J connectivity index is 2.06. The lowest BCUT2D eigenvalue weighted by molar-refractivity contribution is 0.414. The van der Waals surface area contributed by atoms with E-state index in [0.717, 1.165) is 24.2 Å². The average molecular weight is 308 g/mol. The summed E-state index contributed by atoms with van der Waals surface area (Å²) >= 11 is 6.17. The lowest BCUT2D eigenvalue weighted by Crippen LogP contribution is -2.17. The number of rotatable bonds is 6. The summed E-state index contributed by atoms with van der Waals surface area (Å²) in [6.45, 7) is 0. The highest BCUT2D eigenvalue weighted by molar-refractivity contribution is 6.31. The lowest BCUT2D eigenvalue weighted by Gasteiger charge is -2.18. The molecule has 21 heavy (non-hydrogen) atoms. The van der Waals surface area contributed by atoms with Crippen LogP contribution in [0, 0.1) is 5.82 Å². The van der Waals surface area contributed by atoms with Crippen LogP contribution in [0.2, 0.25) is 5.02 Å². The van der Waals surface area contributed by atoms with Crippen LogP contribution in [0.1, 0.15) is 23.6 Å². The van der Waals surface area contributed by atoms with Gasteiger partial charge in [-0.2, -0.15) is 0 Å². The van der Waals surface area contributed by atoms with Crippen molar-refractivity contribution in [1.29, 1.82) is 0 Å². The maximum atomic E-state index is 13.4. The molecule has 0 radical (unpaired) electrons. The fourth-order valence-corrected chi connectivity index (χ4v) is 2.59. The molecule has 0 fully saturated rings. The van der Waals surface area contributed by atoms with E-state index in [1.54, 1.807) is 13.2 Å². The van der Waals surface area contributed by atoms with E-state index in [9.17, 15) is 4.39 Å². The molecule has 112 valence electrons. The molecule has 1 atom stereocenters. The highest BCUT2D eigenvalue weighted by atomic mass is 35.5. The van der Waals surface area contributed by atoms with Crippen molar-refractivity contribution in [3.05, 3.63) is 64.4 Å². The number of methoxy groups -OCH3 is 1. The van der Waals surface area contributed by atoms with Gasteiger partial charge in [-0.25, -0.2) is 4.39 Å². The van der Waals surface area contributed by atoms with Crippen LogP contribution in [0.4, 0.5) is 4.39 Å². The Kier molecular flexibility index (Phi) is 5.59. The highest BCUT2D eigenvalue weighted by Crippen LogP contribution is 2.27. The Morgan fingerprint density at radius 1 is 1.19 bits per heavy atom. The number of hydrogen-bond acceptors (Lipinski definition) is 2. The molecule has 2 rings (SSSR count). The summed E-state index contributed by atoms with van der Waals surface area (Å²) in [4.78, 5) is 0. The van der Waals surface area contributed by atoms with E-state index in [2.05, 4.69) is 5.32 Å². The standard InChI is InChI=1S/C17H19ClFNO/c1-20-17(15-11-13(19)6-9-16(15)18)10-5-12-3-7-14(21-2)8-4-12/h3-4,6-9,11,17,20H,5,10H2,1-2H3.